The molecule has 0 aliphatic carbocycles. The number of halogens is 1. The molecule has 7 heteroatoms. The highest BCUT2D eigenvalue weighted by Gasteiger charge is 2.19. The SMILES string of the molecule is COc1cc(NC(C)CCCO)c(F)cc1[N+](=O)[O-]. The molecule has 0 radical (unpaired) electrons. The monoisotopic (exact) mass is 272 g/mol. The van der Waals surface area contributed by atoms with E-state index in [1.165, 1.54) is 13.2 Å². The van der Waals surface area contributed by atoms with Crippen molar-refractivity contribution in [3.05, 3.63) is 28.1 Å². The van der Waals surface area contributed by atoms with Crippen LogP contribution in [0.1, 0.15) is 19.8 Å². The first kappa shape index (κ1) is 15.2. The number of benzene rings is 1. The lowest BCUT2D eigenvalue weighted by molar-refractivity contribution is -0.385. The van der Waals surface area contributed by atoms with E-state index in [0.29, 0.717) is 12.8 Å². The van der Waals surface area contributed by atoms with Crippen LogP contribution in [0.3, 0.4) is 0 Å². The van der Waals surface area contributed by atoms with Gasteiger partial charge in [0.1, 0.15) is 0 Å². The Hall–Kier alpha value is -1.89. The Labute approximate surface area is 110 Å². The number of aliphatic hydroxyl groups excluding tert-OH is 1. The van der Waals surface area contributed by atoms with E-state index in [2.05, 4.69) is 5.32 Å². The summed E-state index contributed by atoms with van der Waals surface area (Å²) >= 11 is 0. The minimum absolute atomic E-state index is 0.00302. The van der Waals surface area contributed by atoms with Crippen molar-refractivity contribution in [1.82, 2.24) is 0 Å². The maximum Gasteiger partial charge on any atom is 0.313 e. The highest BCUT2D eigenvalue weighted by molar-refractivity contribution is 5.59. The third-order valence-corrected chi connectivity index (χ3v) is 2.66. The molecular formula is C12H17FN2O4. The van der Waals surface area contributed by atoms with Crippen LogP contribution in [0.4, 0.5) is 15.8 Å². The van der Waals surface area contributed by atoms with Gasteiger partial charge in [-0.05, 0) is 19.8 Å². The molecule has 1 aromatic carbocycles. The second kappa shape index (κ2) is 6.89. The van der Waals surface area contributed by atoms with Crippen LogP contribution < -0.4 is 10.1 Å². The minimum atomic E-state index is -0.705. The molecule has 0 amide bonds. The number of ether oxygens (including phenoxy) is 1. The number of nitrogens with one attached hydrogen (secondary N) is 1. The van der Waals surface area contributed by atoms with Gasteiger partial charge in [-0.1, -0.05) is 0 Å². The lowest BCUT2D eigenvalue weighted by Gasteiger charge is -2.16. The fraction of sp³-hybridized carbons (Fsp3) is 0.500. The van der Waals surface area contributed by atoms with Gasteiger partial charge in [0, 0.05) is 18.7 Å². The lowest BCUT2D eigenvalue weighted by Crippen LogP contribution is -2.16. The number of aliphatic hydroxyl groups is 1. The third-order valence-electron chi connectivity index (χ3n) is 2.66. The Morgan fingerprint density at radius 3 is 2.79 bits per heavy atom. The summed E-state index contributed by atoms with van der Waals surface area (Å²) in [6.45, 7) is 1.90. The first-order chi connectivity index (χ1) is 8.99. The Kier molecular flexibility index (Phi) is 5.50. The predicted octanol–water partition coefficient (Wildman–Crippen LogP) is 2.32. The summed E-state index contributed by atoms with van der Waals surface area (Å²) < 4.78 is 18.6. The van der Waals surface area contributed by atoms with Crippen molar-refractivity contribution in [2.45, 2.75) is 25.8 Å². The van der Waals surface area contributed by atoms with Crippen molar-refractivity contribution in [2.24, 2.45) is 0 Å². The fourth-order valence-electron chi connectivity index (χ4n) is 1.69. The van der Waals surface area contributed by atoms with Gasteiger partial charge < -0.3 is 15.2 Å². The van der Waals surface area contributed by atoms with Crippen molar-refractivity contribution in [3.8, 4) is 5.75 Å². The summed E-state index contributed by atoms with van der Waals surface area (Å²) in [5, 5.41) is 22.3. The van der Waals surface area contributed by atoms with Gasteiger partial charge >= 0.3 is 5.69 Å². The van der Waals surface area contributed by atoms with Crippen LogP contribution in [0.25, 0.3) is 0 Å². The summed E-state index contributed by atoms with van der Waals surface area (Å²) in [6, 6.07) is 2.04. The van der Waals surface area contributed by atoms with Crippen LogP contribution in [0.15, 0.2) is 12.1 Å². The molecule has 0 aliphatic heterocycles. The van der Waals surface area contributed by atoms with E-state index >= 15 is 0 Å². The highest BCUT2D eigenvalue weighted by atomic mass is 19.1. The molecule has 1 atom stereocenters. The molecule has 1 unspecified atom stereocenters. The zero-order valence-corrected chi connectivity index (χ0v) is 10.9. The highest BCUT2D eigenvalue weighted by Crippen LogP contribution is 2.32. The molecular weight excluding hydrogens is 255 g/mol. The zero-order chi connectivity index (χ0) is 14.4. The van der Waals surface area contributed by atoms with Gasteiger partial charge in [0.05, 0.1) is 23.8 Å². The normalized spacial score (nSPS) is 12.0. The Bertz CT molecular complexity index is 454. The molecule has 106 valence electrons. The van der Waals surface area contributed by atoms with E-state index in [1.54, 1.807) is 0 Å². The van der Waals surface area contributed by atoms with Gasteiger partial charge in [0.25, 0.3) is 0 Å². The standard InChI is InChI=1S/C12H17FN2O4/c1-8(4-3-5-16)14-10-7-12(19-2)11(15(17)18)6-9(10)13/h6-8,14,16H,3-5H2,1-2H3. The quantitative estimate of drug-likeness (QED) is 0.587. The van der Waals surface area contributed by atoms with E-state index < -0.39 is 16.4 Å². The number of rotatable bonds is 7. The summed E-state index contributed by atoms with van der Waals surface area (Å²) in [5.74, 6) is -0.702. The lowest BCUT2D eigenvalue weighted by atomic mass is 10.1. The molecule has 2 N–H and O–H groups in total. The average Bonchev–Trinajstić information content (AvgIpc) is 2.38. The van der Waals surface area contributed by atoms with Crippen LogP contribution in [0.5, 0.6) is 5.75 Å². The number of hydrogen-bond acceptors (Lipinski definition) is 5. The van der Waals surface area contributed by atoms with Gasteiger partial charge in [-0.2, -0.15) is 0 Å². The van der Waals surface area contributed by atoms with Gasteiger partial charge in [0.2, 0.25) is 0 Å². The van der Waals surface area contributed by atoms with Gasteiger partial charge in [-0.15, -0.1) is 0 Å². The van der Waals surface area contributed by atoms with E-state index in [9.17, 15) is 14.5 Å². The first-order valence-corrected chi connectivity index (χ1v) is 5.89. The first-order valence-electron chi connectivity index (χ1n) is 5.89. The van der Waals surface area contributed by atoms with E-state index in [0.717, 1.165) is 6.07 Å². The second-order valence-corrected chi connectivity index (χ2v) is 4.17. The molecule has 0 fully saturated rings. The molecule has 0 heterocycles. The Balaban J connectivity index is 2.93. The van der Waals surface area contributed by atoms with Crippen molar-refractivity contribution in [3.63, 3.8) is 0 Å². The van der Waals surface area contributed by atoms with E-state index in [4.69, 9.17) is 9.84 Å². The number of nitro benzene ring substituents is 1. The third kappa shape index (κ3) is 4.06. The molecule has 1 aromatic rings. The van der Waals surface area contributed by atoms with E-state index in [-0.39, 0.29) is 24.1 Å². The van der Waals surface area contributed by atoms with Crippen molar-refractivity contribution in [2.75, 3.05) is 19.0 Å². The van der Waals surface area contributed by atoms with Gasteiger partial charge in [-0.3, -0.25) is 10.1 Å². The summed E-state index contributed by atoms with van der Waals surface area (Å²) in [6.07, 6.45) is 1.26. The molecule has 0 saturated heterocycles. The van der Waals surface area contributed by atoms with Crippen LogP contribution >= 0.6 is 0 Å². The maximum atomic E-state index is 13.7. The molecule has 0 bridgehead atoms. The van der Waals surface area contributed by atoms with Crippen LogP contribution in [-0.4, -0.2) is 29.8 Å². The number of methoxy groups -OCH3 is 1. The Morgan fingerprint density at radius 2 is 2.26 bits per heavy atom. The number of nitro groups is 1. The summed E-state index contributed by atoms with van der Waals surface area (Å²) in [7, 11) is 1.29. The second-order valence-electron chi connectivity index (χ2n) is 4.17. The zero-order valence-electron chi connectivity index (χ0n) is 10.9. The average molecular weight is 272 g/mol. The fourth-order valence-corrected chi connectivity index (χ4v) is 1.69. The number of hydrogen-bond donors (Lipinski definition) is 2. The summed E-state index contributed by atoms with van der Waals surface area (Å²) in [4.78, 5) is 10.0. The van der Waals surface area contributed by atoms with Gasteiger partial charge in [-0.25, -0.2) is 4.39 Å². The van der Waals surface area contributed by atoms with Crippen molar-refractivity contribution in [1.29, 1.82) is 0 Å². The predicted molar refractivity (Wildman–Crippen MR) is 69.0 cm³/mol. The molecule has 19 heavy (non-hydrogen) atoms. The molecule has 1 rings (SSSR count). The van der Waals surface area contributed by atoms with Crippen LogP contribution in [0, 0.1) is 15.9 Å². The smallest absolute Gasteiger partial charge is 0.313 e. The largest absolute Gasteiger partial charge is 0.490 e. The number of nitrogens with zero attached hydrogens (tertiary/aromatic N) is 1. The van der Waals surface area contributed by atoms with E-state index in [1.807, 2.05) is 6.92 Å². The summed E-state index contributed by atoms with van der Waals surface area (Å²) in [5.41, 5.74) is -0.263. The topological polar surface area (TPSA) is 84.6 Å². The maximum absolute atomic E-state index is 13.7. The van der Waals surface area contributed by atoms with Crippen molar-refractivity contribution >= 4 is 11.4 Å². The molecule has 0 aromatic heterocycles. The van der Waals surface area contributed by atoms with Crippen LogP contribution in [0.2, 0.25) is 0 Å². The number of anilines is 1. The molecule has 0 aliphatic rings. The van der Waals surface area contributed by atoms with Gasteiger partial charge in [0.15, 0.2) is 11.6 Å². The molecule has 0 spiro atoms. The Morgan fingerprint density at radius 1 is 1.58 bits per heavy atom. The minimum Gasteiger partial charge on any atom is -0.490 e. The van der Waals surface area contributed by atoms with Crippen LogP contribution in [-0.2, 0) is 0 Å². The molecule has 0 saturated carbocycles. The van der Waals surface area contributed by atoms with Crippen molar-refractivity contribution < 1.29 is 19.2 Å². The molecule has 6 nitrogen and oxygen atoms in total.